The molecule has 0 saturated carbocycles. The zero-order chi connectivity index (χ0) is 25.3. The smallest absolute Gasteiger partial charge is 0.267 e. The largest absolute Gasteiger partial charge is 0.493 e. The Morgan fingerprint density at radius 3 is 2.58 bits per heavy atom. The minimum absolute atomic E-state index is 0.216. The van der Waals surface area contributed by atoms with Gasteiger partial charge < -0.3 is 24.4 Å². The van der Waals surface area contributed by atoms with Gasteiger partial charge in [-0.15, -0.1) is 0 Å². The van der Waals surface area contributed by atoms with Gasteiger partial charge in [0.15, 0.2) is 11.5 Å². The molecule has 0 bridgehead atoms. The number of benzene rings is 1. The molecule has 190 valence electrons. The number of carbonyl (C=O) groups excluding carboxylic acids is 1. The normalized spacial score (nSPS) is 13.2. The fourth-order valence-corrected chi connectivity index (χ4v) is 3.95. The summed E-state index contributed by atoms with van der Waals surface area (Å²) in [6.45, 7) is 2.23. The zero-order valence-corrected chi connectivity index (χ0v) is 20.5. The summed E-state index contributed by atoms with van der Waals surface area (Å²) in [5, 5.41) is 7.08. The molecule has 1 aliphatic heterocycles. The highest BCUT2D eigenvalue weighted by atomic mass is 16.5. The Bertz CT molecular complexity index is 1240. The van der Waals surface area contributed by atoms with Crippen molar-refractivity contribution in [1.29, 1.82) is 0 Å². The van der Waals surface area contributed by atoms with E-state index >= 15 is 0 Å². The van der Waals surface area contributed by atoms with Gasteiger partial charge in [0, 0.05) is 30.8 Å². The van der Waals surface area contributed by atoms with Crippen LogP contribution >= 0.6 is 0 Å². The summed E-state index contributed by atoms with van der Waals surface area (Å²) in [5.41, 5.74) is 0.876. The van der Waals surface area contributed by atoms with Crippen LogP contribution in [0.2, 0.25) is 0 Å². The van der Waals surface area contributed by atoms with Gasteiger partial charge in [-0.1, -0.05) is 0 Å². The molecule has 4 rings (SSSR count). The van der Waals surface area contributed by atoms with E-state index in [4.69, 9.17) is 14.2 Å². The highest BCUT2D eigenvalue weighted by Crippen LogP contribution is 2.31. The average Bonchev–Trinajstić information content (AvgIpc) is 2.92. The van der Waals surface area contributed by atoms with Crippen LogP contribution in [0.3, 0.4) is 0 Å². The van der Waals surface area contributed by atoms with Crippen molar-refractivity contribution in [1.82, 2.24) is 25.1 Å². The number of carbonyl (C=O) groups is 1. The Kier molecular flexibility index (Phi) is 8.32. The van der Waals surface area contributed by atoms with Crippen molar-refractivity contribution in [3.63, 3.8) is 0 Å². The Morgan fingerprint density at radius 1 is 1.00 bits per heavy atom. The Hall–Kier alpha value is -4.15. The lowest BCUT2D eigenvalue weighted by atomic mass is 10.1. The molecule has 1 aliphatic rings. The van der Waals surface area contributed by atoms with Crippen LogP contribution in [0.25, 0.3) is 11.3 Å². The number of aromatic nitrogens is 4. The lowest BCUT2D eigenvalue weighted by molar-refractivity contribution is -0.122. The maximum absolute atomic E-state index is 12.4. The van der Waals surface area contributed by atoms with Gasteiger partial charge in [0.05, 0.1) is 26.5 Å². The monoisotopic (exact) mass is 494 g/mol. The SMILES string of the molecule is COc1ccc(-c2ccc(=O)n(CC(=O)NCCOc3cc(N4CCCCC4)ncn3)n2)cc1OC. The van der Waals surface area contributed by atoms with Gasteiger partial charge in [0.1, 0.15) is 25.3 Å². The fourth-order valence-electron chi connectivity index (χ4n) is 3.95. The predicted octanol–water partition coefficient (Wildman–Crippen LogP) is 1.90. The molecule has 3 aromatic rings. The van der Waals surface area contributed by atoms with Crippen LogP contribution in [-0.4, -0.2) is 66.1 Å². The first-order chi connectivity index (χ1) is 17.6. The number of hydrogen-bond donors (Lipinski definition) is 1. The minimum atomic E-state index is -0.378. The van der Waals surface area contributed by atoms with Crippen molar-refractivity contribution >= 4 is 11.7 Å². The first-order valence-electron chi connectivity index (χ1n) is 11.8. The first kappa shape index (κ1) is 25.0. The second-order valence-corrected chi connectivity index (χ2v) is 8.24. The van der Waals surface area contributed by atoms with E-state index < -0.39 is 0 Å². The van der Waals surface area contributed by atoms with Crippen molar-refractivity contribution in [3.8, 4) is 28.6 Å². The van der Waals surface area contributed by atoms with Crippen LogP contribution < -0.4 is 30.0 Å². The molecule has 1 aromatic carbocycles. The van der Waals surface area contributed by atoms with Gasteiger partial charge >= 0.3 is 0 Å². The number of methoxy groups -OCH3 is 2. The molecule has 0 spiro atoms. The topological polar surface area (TPSA) is 121 Å². The van der Waals surface area contributed by atoms with Crippen LogP contribution in [0.4, 0.5) is 5.82 Å². The summed E-state index contributed by atoms with van der Waals surface area (Å²) < 4.78 is 17.4. The number of rotatable bonds is 10. The summed E-state index contributed by atoms with van der Waals surface area (Å²) >= 11 is 0. The van der Waals surface area contributed by atoms with E-state index in [1.807, 2.05) is 6.07 Å². The number of nitrogens with one attached hydrogen (secondary N) is 1. The van der Waals surface area contributed by atoms with Gasteiger partial charge in [0.2, 0.25) is 11.8 Å². The first-order valence-corrected chi connectivity index (χ1v) is 11.8. The summed E-state index contributed by atoms with van der Waals surface area (Å²) in [7, 11) is 3.10. The van der Waals surface area contributed by atoms with E-state index in [-0.39, 0.29) is 31.2 Å². The Balaban J connectivity index is 1.31. The number of piperidine rings is 1. The molecule has 3 heterocycles. The number of anilines is 1. The third kappa shape index (κ3) is 6.29. The second kappa shape index (κ2) is 12.0. The summed E-state index contributed by atoms with van der Waals surface area (Å²) in [6, 6.07) is 10.1. The molecule has 36 heavy (non-hydrogen) atoms. The molecule has 11 heteroatoms. The molecule has 2 aromatic heterocycles. The van der Waals surface area contributed by atoms with Crippen LogP contribution in [0.5, 0.6) is 17.4 Å². The number of hydrogen-bond acceptors (Lipinski definition) is 9. The van der Waals surface area contributed by atoms with Gasteiger partial charge in [0.25, 0.3) is 5.56 Å². The maximum atomic E-state index is 12.4. The molecule has 0 radical (unpaired) electrons. The molecule has 0 atom stereocenters. The van der Waals surface area contributed by atoms with E-state index in [9.17, 15) is 9.59 Å². The third-order valence-electron chi connectivity index (χ3n) is 5.82. The lowest BCUT2D eigenvalue weighted by Gasteiger charge is -2.27. The number of ether oxygens (including phenoxy) is 3. The quantitative estimate of drug-likeness (QED) is 0.421. The van der Waals surface area contributed by atoms with E-state index in [1.54, 1.807) is 38.5 Å². The molecule has 0 aliphatic carbocycles. The van der Waals surface area contributed by atoms with Gasteiger partial charge in [-0.3, -0.25) is 9.59 Å². The van der Waals surface area contributed by atoms with Crippen LogP contribution in [0, 0.1) is 0 Å². The molecular weight excluding hydrogens is 464 g/mol. The Labute approximate surface area is 209 Å². The van der Waals surface area contributed by atoms with Crippen LogP contribution in [0.1, 0.15) is 19.3 Å². The highest BCUT2D eigenvalue weighted by Gasteiger charge is 2.14. The van der Waals surface area contributed by atoms with Crippen LogP contribution in [-0.2, 0) is 11.3 Å². The summed E-state index contributed by atoms with van der Waals surface area (Å²) in [4.78, 5) is 35.4. The Morgan fingerprint density at radius 2 is 1.81 bits per heavy atom. The molecular formula is C25H30N6O5. The number of nitrogens with zero attached hydrogens (tertiary/aromatic N) is 5. The molecule has 1 N–H and O–H groups in total. The third-order valence-corrected chi connectivity index (χ3v) is 5.82. The molecule has 1 saturated heterocycles. The van der Waals surface area contributed by atoms with Crippen molar-refractivity contribution in [2.75, 3.05) is 45.4 Å². The standard InChI is InChI=1S/C25H30N6O5/c1-34-20-8-6-18(14-21(20)35-2)19-7-9-25(33)31(29-19)16-23(32)26-10-13-36-24-15-22(27-17-28-24)30-11-4-3-5-12-30/h6-9,14-15,17H,3-5,10-13,16H2,1-2H3,(H,26,32). The molecule has 1 amide bonds. The van der Waals surface area contributed by atoms with E-state index in [0.29, 0.717) is 23.1 Å². The van der Waals surface area contributed by atoms with Crippen molar-refractivity contribution < 1.29 is 19.0 Å². The fraction of sp³-hybridized carbons (Fsp3) is 0.400. The zero-order valence-electron chi connectivity index (χ0n) is 20.5. The van der Waals surface area contributed by atoms with Gasteiger partial charge in [-0.05, 0) is 43.5 Å². The molecule has 11 nitrogen and oxygen atoms in total. The van der Waals surface area contributed by atoms with Crippen LogP contribution in [0.15, 0.2) is 47.5 Å². The summed E-state index contributed by atoms with van der Waals surface area (Å²) in [6.07, 6.45) is 5.04. The predicted molar refractivity (Wildman–Crippen MR) is 134 cm³/mol. The van der Waals surface area contributed by atoms with Crippen molar-refractivity contribution in [3.05, 3.63) is 53.1 Å². The van der Waals surface area contributed by atoms with Gasteiger partial charge in [-0.25, -0.2) is 14.6 Å². The van der Waals surface area contributed by atoms with E-state index in [2.05, 4.69) is 25.3 Å². The average molecular weight is 495 g/mol. The maximum Gasteiger partial charge on any atom is 0.267 e. The lowest BCUT2D eigenvalue weighted by Crippen LogP contribution is -2.35. The van der Waals surface area contributed by atoms with E-state index in [0.717, 1.165) is 42.0 Å². The van der Waals surface area contributed by atoms with Crippen molar-refractivity contribution in [2.24, 2.45) is 0 Å². The highest BCUT2D eigenvalue weighted by molar-refractivity contribution is 5.75. The summed E-state index contributed by atoms with van der Waals surface area (Å²) in [5.74, 6) is 2.08. The number of amides is 1. The molecule has 1 fully saturated rings. The van der Waals surface area contributed by atoms with E-state index in [1.165, 1.54) is 18.8 Å². The van der Waals surface area contributed by atoms with Gasteiger partial charge in [-0.2, -0.15) is 5.10 Å². The van der Waals surface area contributed by atoms with Crippen molar-refractivity contribution in [2.45, 2.75) is 25.8 Å². The molecule has 0 unspecified atom stereocenters. The minimum Gasteiger partial charge on any atom is -0.493 e. The second-order valence-electron chi connectivity index (χ2n) is 8.24.